The van der Waals surface area contributed by atoms with E-state index in [4.69, 9.17) is 6.42 Å². The average Bonchev–Trinajstić information content (AvgIpc) is 2.38. The van der Waals surface area contributed by atoms with Crippen molar-refractivity contribution in [1.82, 2.24) is 10.3 Å². The molecule has 90 valence electrons. The molecule has 1 amide bonds. The molecule has 1 aromatic rings. The molecule has 1 aromatic heterocycles. The fourth-order valence-corrected chi connectivity index (χ4v) is 1.70. The minimum atomic E-state index is -0.185. The Bertz CT molecular complexity index is 414. The first kappa shape index (κ1) is 13.4. The van der Waals surface area contributed by atoms with E-state index in [1.54, 1.807) is 31.1 Å². The van der Waals surface area contributed by atoms with E-state index in [9.17, 15) is 4.79 Å². The highest BCUT2D eigenvalue weighted by molar-refractivity contribution is 7.99. The van der Waals surface area contributed by atoms with Crippen LogP contribution in [0.2, 0.25) is 0 Å². The van der Waals surface area contributed by atoms with E-state index >= 15 is 0 Å². The van der Waals surface area contributed by atoms with Crippen molar-refractivity contribution in [2.24, 2.45) is 0 Å². The Morgan fingerprint density at radius 1 is 1.65 bits per heavy atom. The highest BCUT2D eigenvalue weighted by atomic mass is 32.2. The van der Waals surface area contributed by atoms with Gasteiger partial charge in [-0.2, -0.15) is 0 Å². The van der Waals surface area contributed by atoms with E-state index in [0.717, 1.165) is 23.7 Å². The number of thioether (sulfide) groups is 1. The molecule has 2 N–H and O–H groups in total. The van der Waals surface area contributed by atoms with Gasteiger partial charge in [0.1, 0.15) is 5.69 Å². The Balaban J connectivity index is 2.44. The van der Waals surface area contributed by atoms with Gasteiger partial charge in [0, 0.05) is 31.2 Å². The van der Waals surface area contributed by atoms with Crippen LogP contribution in [0.3, 0.4) is 0 Å². The fourth-order valence-electron chi connectivity index (χ4n) is 1.19. The van der Waals surface area contributed by atoms with Crippen LogP contribution in [0.5, 0.6) is 0 Å². The van der Waals surface area contributed by atoms with Crippen molar-refractivity contribution < 1.29 is 4.79 Å². The summed E-state index contributed by atoms with van der Waals surface area (Å²) in [6, 6.07) is 3.56. The van der Waals surface area contributed by atoms with E-state index < -0.39 is 0 Å². The lowest BCUT2D eigenvalue weighted by Crippen LogP contribution is -2.19. The number of nitrogens with zero attached hydrogens (tertiary/aromatic N) is 1. The van der Waals surface area contributed by atoms with Crippen molar-refractivity contribution in [3.8, 4) is 12.3 Å². The molecule has 17 heavy (non-hydrogen) atoms. The summed E-state index contributed by atoms with van der Waals surface area (Å²) >= 11 is 1.69. The Kier molecular flexibility index (Phi) is 5.97. The van der Waals surface area contributed by atoms with Crippen molar-refractivity contribution >= 4 is 23.4 Å². The van der Waals surface area contributed by atoms with Crippen molar-refractivity contribution in [3.05, 3.63) is 24.0 Å². The Morgan fingerprint density at radius 2 is 2.47 bits per heavy atom. The van der Waals surface area contributed by atoms with Crippen molar-refractivity contribution in [2.45, 2.75) is 0 Å². The molecule has 4 nitrogen and oxygen atoms in total. The van der Waals surface area contributed by atoms with Crippen molar-refractivity contribution in [2.75, 3.05) is 30.4 Å². The first-order valence-electron chi connectivity index (χ1n) is 5.21. The van der Waals surface area contributed by atoms with E-state index in [2.05, 4.69) is 21.5 Å². The van der Waals surface area contributed by atoms with Crippen LogP contribution >= 0.6 is 11.8 Å². The zero-order valence-electron chi connectivity index (χ0n) is 9.69. The summed E-state index contributed by atoms with van der Waals surface area (Å²) in [5.41, 5.74) is 1.30. The van der Waals surface area contributed by atoms with E-state index in [1.807, 2.05) is 6.07 Å². The number of carbonyl (C=O) groups excluding carboxylic acids is 1. The van der Waals surface area contributed by atoms with Crippen LogP contribution in [-0.2, 0) is 0 Å². The minimum absolute atomic E-state index is 0.185. The van der Waals surface area contributed by atoms with Gasteiger partial charge in [-0.1, -0.05) is 5.92 Å². The maximum atomic E-state index is 11.4. The SMILES string of the molecule is C#CCSCCNc1ccnc(C(=O)NC)c1. The predicted molar refractivity (Wildman–Crippen MR) is 72.3 cm³/mol. The normalized spacial score (nSPS) is 9.41. The average molecular weight is 249 g/mol. The zero-order chi connectivity index (χ0) is 12.5. The second-order valence-electron chi connectivity index (χ2n) is 3.19. The number of nitrogens with one attached hydrogen (secondary N) is 2. The van der Waals surface area contributed by atoms with Crippen LogP contribution in [0, 0.1) is 12.3 Å². The predicted octanol–water partition coefficient (Wildman–Crippen LogP) is 1.22. The lowest BCUT2D eigenvalue weighted by molar-refractivity contribution is 0.0958. The third kappa shape index (κ3) is 4.79. The fraction of sp³-hybridized carbons (Fsp3) is 0.333. The highest BCUT2D eigenvalue weighted by Crippen LogP contribution is 2.08. The molecule has 0 saturated carbocycles. The second-order valence-corrected chi connectivity index (χ2v) is 4.30. The number of terminal acetylenes is 1. The molecule has 0 unspecified atom stereocenters. The number of carbonyl (C=O) groups is 1. The summed E-state index contributed by atoms with van der Waals surface area (Å²) in [5, 5.41) is 5.75. The molecule has 0 aliphatic heterocycles. The van der Waals surface area contributed by atoms with Crippen molar-refractivity contribution in [1.29, 1.82) is 0 Å². The van der Waals surface area contributed by atoms with Gasteiger partial charge in [0.2, 0.25) is 0 Å². The summed E-state index contributed by atoms with van der Waals surface area (Å²) < 4.78 is 0. The maximum absolute atomic E-state index is 11.4. The molecule has 0 atom stereocenters. The largest absolute Gasteiger partial charge is 0.384 e. The third-order valence-corrected chi connectivity index (χ3v) is 2.84. The number of hydrogen-bond acceptors (Lipinski definition) is 4. The first-order chi connectivity index (χ1) is 8.27. The van der Waals surface area contributed by atoms with Crippen LogP contribution in [0.1, 0.15) is 10.5 Å². The molecule has 0 radical (unpaired) electrons. The molecule has 0 aliphatic carbocycles. The molecule has 0 spiro atoms. The third-order valence-electron chi connectivity index (χ3n) is 1.98. The van der Waals surface area contributed by atoms with Crippen LogP contribution in [0.15, 0.2) is 18.3 Å². The van der Waals surface area contributed by atoms with Crippen LogP contribution < -0.4 is 10.6 Å². The van der Waals surface area contributed by atoms with Gasteiger partial charge in [-0.15, -0.1) is 18.2 Å². The van der Waals surface area contributed by atoms with Crippen LogP contribution in [0.25, 0.3) is 0 Å². The molecule has 0 saturated heterocycles. The maximum Gasteiger partial charge on any atom is 0.269 e. The smallest absolute Gasteiger partial charge is 0.269 e. The number of rotatable bonds is 6. The summed E-state index contributed by atoms with van der Waals surface area (Å²) in [4.78, 5) is 15.3. The van der Waals surface area contributed by atoms with Gasteiger partial charge >= 0.3 is 0 Å². The first-order valence-corrected chi connectivity index (χ1v) is 6.36. The topological polar surface area (TPSA) is 54.0 Å². The highest BCUT2D eigenvalue weighted by Gasteiger charge is 2.04. The number of hydrogen-bond donors (Lipinski definition) is 2. The van der Waals surface area contributed by atoms with Gasteiger partial charge in [0.25, 0.3) is 5.91 Å². The summed E-state index contributed by atoms with van der Waals surface area (Å²) in [6.07, 6.45) is 6.76. The standard InChI is InChI=1S/C12H15N3OS/c1-3-7-17-8-6-14-10-4-5-15-11(9-10)12(16)13-2/h1,4-5,9H,6-8H2,2H3,(H,13,16)(H,14,15). The number of anilines is 1. The monoisotopic (exact) mass is 249 g/mol. The van der Waals surface area contributed by atoms with E-state index in [-0.39, 0.29) is 5.91 Å². The second kappa shape index (κ2) is 7.58. The summed E-state index contributed by atoms with van der Waals surface area (Å²) in [6.45, 7) is 0.809. The number of aromatic nitrogens is 1. The molecule has 0 aliphatic rings. The van der Waals surface area contributed by atoms with Crippen molar-refractivity contribution in [3.63, 3.8) is 0 Å². The summed E-state index contributed by atoms with van der Waals surface area (Å²) in [7, 11) is 1.58. The van der Waals surface area contributed by atoms with Gasteiger partial charge in [0.15, 0.2) is 0 Å². The Labute approximate surface area is 106 Å². The molecular weight excluding hydrogens is 234 g/mol. The Morgan fingerprint density at radius 3 is 3.18 bits per heavy atom. The van der Waals surface area contributed by atoms with E-state index in [0.29, 0.717) is 5.69 Å². The number of amides is 1. The molecular formula is C12H15N3OS. The van der Waals surface area contributed by atoms with Gasteiger partial charge in [-0.05, 0) is 12.1 Å². The molecule has 0 aromatic carbocycles. The molecule has 1 heterocycles. The van der Waals surface area contributed by atoms with Crippen LogP contribution in [-0.4, -0.2) is 36.0 Å². The molecule has 0 fully saturated rings. The van der Waals surface area contributed by atoms with Gasteiger partial charge < -0.3 is 10.6 Å². The lowest BCUT2D eigenvalue weighted by Gasteiger charge is -2.06. The number of pyridine rings is 1. The zero-order valence-corrected chi connectivity index (χ0v) is 10.5. The van der Waals surface area contributed by atoms with Gasteiger partial charge in [-0.3, -0.25) is 9.78 Å². The molecule has 5 heteroatoms. The summed E-state index contributed by atoms with van der Waals surface area (Å²) in [5.74, 6) is 4.04. The lowest BCUT2D eigenvalue weighted by atomic mass is 10.3. The van der Waals surface area contributed by atoms with Crippen LogP contribution in [0.4, 0.5) is 5.69 Å². The van der Waals surface area contributed by atoms with Gasteiger partial charge in [-0.25, -0.2) is 0 Å². The minimum Gasteiger partial charge on any atom is -0.384 e. The van der Waals surface area contributed by atoms with E-state index in [1.165, 1.54) is 0 Å². The van der Waals surface area contributed by atoms with Gasteiger partial charge in [0.05, 0.1) is 5.75 Å². The Hall–Kier alpha value is -1.67. The quantitative estimate of drug-likeness (QED) is 0.588. The molecule has 1 rings (SSSR count). The molecule has 0 bridgehead atoms.